The second-order valence-corrected chi connectivity index (χ2v) is 4.64. The number of aromatic nitrogens is 1. The Labute approximate surface area is 113 Å². The van der Waals surface area contributed by atoms with Gasteiger partial charge in [-0.2, -0.15) is 0 Å². The number of anilines is 3. The first-order valence-corrected chi connectivity index (χ1v) is 6.21. The van der Waals surface area contributed by atoms with E-state index < -0.39 is 0 Å². The highest BCUT2D eigenvalue weighted by molar-refractivity contribution is 9.10. The van der Waals surface area contributed by atoms with Gasteiger partial charge in [0.15, 0.2) is 0 Å². The number of nitrogens with zero attached hydrogens (tertiary/aromatic N) is 1. The highest BCUT2D eigenvalue weighted by atomic mass is 79.9. The van der Waals surface area contributed by atoms with E-state index in [9.17, 15) is 0 Å². The molecule has 0 radical (unpaired) electrons. The Kier molecular flexibility index (Phi) is 3.86. The largest absolute Gasteiger partial charge is 0.387 e. The van der Waals surface area contributed by atoms with E-state index >= 15 is 0 Å². The third-order valence-electron chi connectivity index (χ3n) is 2.26. The summed E-state index contributed by atoms with van der Waals surface area (Å²) in [6.07, 6.45) is 3.52. The Morgan fingerprint density at radius 3 is 2.76 bits per heavy atom. The minimum Gasteiger partial charge on any atom is -0.387 e. The fourth-order valence-corrected chi connectivity index (χ4v) is 1.94. The lowest BCUT2D eigenvalue weighted by Crippen LogP contribution is -1.95. The lowest BCUT2D eigenvalue weighted by molar-refractivity contribution is 1.30. The number of hydrogen-bond donors (Lipinski definition) is 2. The Hall–Kier alpha value is -1.26. The van der Waals surface area contributed by atoms with Crippen LogP contribution in [-0.2, 0) is 0 Å². The molecular weight excluding hydrogens is 302 g/mol. The second-order valence-electron chi connectivity index (χ2n) is 3.44. The third kappa shape index (κ3) is 2.90. The number of pyridine rings is 1. The summed E-state index contributed by atoms with van der Waals surface area (Å²) in [5.74, 6) is 0. The SMILES string of the molecule is CNc1cncc(Nc2cccc(Cl)c2Br)c1. The van der Waals surface area contributed by atoms with Crippen molar-refractivity contribution in [2.75, 3.05) is 17.7 Å². The summed E-state index contributed by atoms with van der Waals surface area (Å²) in [6, 6.07) is 7.65. The quantitative estimate of drug-likeness (QED) is 0.888. The average Bonchev–Trinajstić information content (AvgIpc) is 2.35. The standard InChI is InChI=1S/C12H11BrClN3/c1-15-8-5-9(7-16-6-8)17-11-4-2-3-10(14)12(11)13/h2-7,15,17H,1H3. The van der Waals surface area contributed by atoms with Gasteiger partial charge in [-0.05, 0) is 34.1 Å². The smallest absolute Gasteiger partial charge is 0.0596 e. The maximum atomic E-state index is 6.02. The normalized spacial score (nSPS) is 10.1. The number of halogens is 2. The lowest BCUT2D eigenvalue weighted by atomic mass is 10.3. The minimum absolute atomic E-state index is 0.674. The molecule has 1 aromatic heterocycles. The molecule has 0 amide bonds. The Bertz CT molecular complexity index is 531. The Balaban J connectivity index is 2.28. The summed E-state index contributed by atoms with van der Waals surface area (Å²) >= 11 is 9.47. The van der Waals surface area contributed by atoms with Crippen LogP contribution in [0.15, 0.2) is 41.1 Å². The van der Waals surface area contributed by atoms with Crippen molar-refractivity contribution in [1.82, 2.24) is 4.98 Å². The number of nitrogens with one attached hydrogen (secondary N) is 2. The van der Waals surface area contributed by atoms with Gasteiger partial charge in [-0.3, -0.25) is 4.98 Å². The summed E-state index contributed by atoms with van der Waals surface area (Å²) in [7, 11) is 1.86. The van der Waals surface area contributed by atoms with Crippen molar-refractivity contribution in [3.8, 4) is 0 Å². The van der Waals surface area contributed by atoms with Crippen molar-refractivity contribution in [2.24, 2.45) is 0 Å². The van der Waals surface area contributed by atoms with Gasteiger partial charge in [0.25, 0.3) is 0 Å². The summed E-state index contributed by atoms with van der Waals surface area (Å²) in [6.45, 7) is 0. The number of hydrogen-bond acceptors (Lipinski definition) is 3. The maximum Gasteiger partial charge on any atom is 0.0596 e. The first-order valence-electron chi connectivity index (χ1n) is 5.04. The predicted octanol–water partition coefficient (Wildman–Crippen LogP) is 4.28. The van der Waals surface area contributed by atoms with E-state index in [1.807, 2.05) is 31.3 Å². The van der Waals surface area contributed by atoms with Gasteiger partial charge in [-0.15, -0.1) is 0 Å². The predicted molar refractivity (Wildman–Crippen MR) is 76.2 cm³/mol. The number of rotatable bonds is 3. The second kappa shape index (κ2) is 5.38. The lowest BCUT2D eigenvalue weighted by Gasteiger charge is -2.10. The molecule has 0 unspecified atom stereocenters. The van der Waals surface area contributed by atoms with E-state index in [2.05, 4.69) is 31.5 Å². The van der Waals surface area contributed by atoms with Crippen LogP contribution in [0.3, 0.4) is 0 Å². The zero-order chi connectivity index (χ0) is 12.3. The van der Waals surface area contributed by atoms with Crippen molar-refractivity contribution < 1.29 is 0 Å². The summed E-state index contributed by atoms with van der Waals surface area (Å²) in [5, 5.41) is 6.97. The van der Waals surface area contributed by atoms with Crippen molar-refractivity contribution >= 4 is 44.6 Å². The molecule has 0 bridgehead atoms. The minimum atomic E-state index is 0.674. The zero-order valence-corrected chi connectivity index (χ0v) is 11.5. The van der Waals surface area contributed by atoms with E-state index in [1.54, 1.807) is 12.4 Å². The first-order chi connectivity index (χ1) is 8.20. The molecule has 2 N–H and O–H groups in total. The molecule has 0 aliphatic rings. The zero-order valence-electron chi connectivity index (χ0n) is 9.17. The van der Waals surface area contributed by atoms with Crippen molar-refractivity contribution in [1.29, 1.82) is 0 Å². The Morgan fingerprint density at radius 1 is 1.24 bits per heavy atom. The van der Waals surface area contributed by atoms with Crippen LogP contribution in [0.2, 0.25) is 5.02 Å². The number of benzene rings is 1. The third-order valence-corrected chi connectivity index (χ3v) is 3.66. The van der Waals surface area contributed by atoms with Crippen molar-refractivity contribution in [3.63, 3.8) is 0 Å². The maximum absolute atomic E-state index is 6.02. The molecule has 2 aromatic rings. The summed E-state index contributed by atoms with van der Waals surface area (Å²) in [4.78, 5) is 4.13. The van der Waals surface area contributed by atoms with E-state index in [0.717, 1.165) is 21.5 Å². The molecule has 17 heavy (non-hydrogen) atoms. The topological polar surface area (TPSA) is 37.0 Å². The van der Waals surface area contributed by atoms with Crippen molar-refractivity contribution in [3.05, 3.63) is 46.2 Å². The van der Waals surface area contributed by atoms with Crippen LogP contribution in [0.4, 0.5) is 17.1 Å². The first kappa shape index (κ1) is 12.2. The van der Waals surface area contributed by atoms with Gasteiger partial charge in [0.05, 0.1) is 39.0 Å². The van der Waals surface area contributed by atoms with Gasteiger partial charge in [-0.1, -0.05) is 17.7 Å². The van der Waals surface area contributed by atoms with Crippen LogP contribution in [0.1, 0.15) is 0 Å². The fourth-order valence-electron chi connectivity index (χ4n) is 1.40. The van der Waals surface area contributed by atoms with Crippen LogP contribution in [0.25, 0.3) is 0 Å². The molecule has 0 atom stereocenters. The highest BCUT2D eigenvalue weighted by Crippen LogP contribution is 2.32. The molecule has 0 spiro atoms. The molecule has 0 aliphatic carbocycles. The molecule has 0 saturated carbocycles. The molecule has 2 rings (SSSR count). The van der Waals surface area contributed by atoms with E-state index in [0.29, 0.717) is 5.02 Å². The van der Waals surface area contributed by atoms with Gasteiger partial charge >= 0.3 is 0 Å². The molecule has 88 valence electrons. The van der Waals surface area contributed by atoms with Gasteiger partial charge in [0.2, 0.25) is 0 Å². The molecule has 0 fully saturated rings. The van der Waals surface area contributed by atoms with Gasteiger partial charge < -0.3 is 10.6 Å². The van der Waals surface area contributed by atoms with Crippen molar-refractivity contribution in [2.45, 2.75) is 0 Å². The van der Waals surface area contributed by atoms with Crippen LogP contribution >= 0.6 is 27.5 Å². The Morgan fingerprint density at radius 2 is 2.00 bits per heavy atom. The monoisotopic (exact) mass is 311 g/mol. The molecular formula is C12H11BrClN3. The van der Waals surface area contributed by atoms with Gasteiger partial charge in [0, 0.05) is 7.05 Å². The molecule has 1 aromatic carbocycles. The average molecular weight is 313 g/mol. The van der Waals surface area contributed by atoms with Crippen LogP contribution < -0.4 is 10.6 Å². The van der Waals surface area contributed by atoms with E-state index in [-0.39, 0.29) is 0 Å². The highest BCUT2D eigenvalue weighted by Gasteiger charge is 2.04. The summed E-state index contributed by atoms with van der Waals surface area (Å²) in [5.41, 5.74) is 2.76. The molecule has 1 heterocycles. The molecule has 5 heteroatoms. The molecule has 0 saturated heterocycles. The fraction of sp³-hybridized carbons (Fsp3) is 0.0833. The van der Waals surface area contributed by atoms with Gasteiger partial charge in [0.1, 0.15) is 0 Å². The van der Waals surface area contributed by atoms with E-state index in [1.165, 1.54) is 0 Å². The molecule has 3 nitrogen and oxygen atoms in total. The summed E-state index contributed by atoms with van der Waals surface area (Å²) < 4.78 is 0.844. The van der Waals surface area contributed by atoms with Crippen LogP contribution in [-0.4, -0.2) is 12.0 Å². The van der Waals surface area contributed by atoms with Crippen LogP contribution in [0, 0.1) is 0 Å². The van der Waals surface area contributed by atoms with Gasteiger partial charge in [-0.25, -0.2) is 0 Å². The van der Waals surface area contributed by atoms with E-state index in [4.69, 9.17) is 11.6 Å². The van der Waals surface area contributed by atoms with Crippen LogP contribution in [0.5, 0.6) is 0 Å². The molecule has 0 aliphatic heterocycles.